The van der Waals surface area contributed by atoms with Gasteiger partial charge in [0.1, 0.15) is 5.78 Å². The van der Waals surface area contributed by atoms with Crippen molar-refractivity contribution in [3.63, 3.8) is 0 Å². The fraction of sp³-hybridized carbons (Fsp3) is 0.938. The van der Waals surface area contributed by atoms with Gasteiger partial charge in [-0.05, 0) is 31.6 Å². The van der Waals surface area contributed by atoms with Crippen molar-refractivity contribution in [2.75, 3.05) is 39.3 Å². The molecule has 3 nitrogen and oxygen atoms in total. The van der Waals surface area contributed by atoms with E-state index in [0.717, 1.165) is 31.7 Å². The van der Waals surface area contributed by atoms with Crippen molar-refractivity contribution in [3.05, 3.63) is 0 Å². The summed E-state index contributed by atoms with van der Waals surface area (Å²) in [6.45, 7) is 7.16. The molecule has 0 spiro atoms. The molecule has 3 aliphatic rings. The maximum absolute atomic E-state index is 12.1. The average molecular weight is 264 g/mol. The highest BCUT2D eigenvalue weighted by Crippen LogP contribution is 2.30. The topological polar surface area (TPSA) is 23.6 Å². The predicted molar refractivity (Wildman–Crippen MR) is 77.2 cm³/mol. The lowest BCUT2D eigenvalue weighted by atomic mass is 9.98. The Morgan fingerprint density at radius 3 is 2.21 bits per heavy atom. The number of Topliss-reactive ketones (excluding diaryl/α,β-unsaturated/α-hetero) is 1. The summed E-state index contributed by atoms with van der Waals surface area (Å²) < 4.78 is 0. The summed E-state index contributed by atoms with van der Waals surface area (Å²) in [5.41, 5.74) is 0. The molecule has 0 radical (unpaired) electrons. The zero-order valence-electron chi connectivity index (χ0n) is 12.1. The lowest BCUT2D eigenvalue weighted by molar-refractivity contribution is -0.123. The highest BCUT2D eigenvalue weighted by molar-refractivity contribution is 5.81. The molecule has 1 unspecified atom stereocenters. The van der Waals surface area contributed by atoms with Crippen LogP contribution in [-0.2, 0) is 4.79 Å². The van der Waals surface area contributed by atoms with Crippen molar-refractivity contribution in [2.45, 2.75) is 44.9 Å². The Hall–Kier alpha value is -0.410. The fourth-order valence-electron chi connectivity index (χ4n) is 3.56. The van der Waals surface area contributed by atoms with Gasteiger partial charge in [-0.3, -0.25) is 4.79 Å². The van der Waals surface area contributed by atoms with Gasteiger partial charge in [-0.25, -0.2) is 0 Å². The minimum atomic E-state index is 0.345. The summed E-state index contributed by atoms with van der Waals surface area (Å²) in [7, 11) is 0. The Morgan fingerprint density at radius 2 is 1.53 bits per heavy atom. The third kappa shape index (κ3) is 4.03. The molecule has 0 aromatic rings. The van der Waals surface area contributed by atoms with Gasteiger partial charge in [0.15, 0.2) is 0 Å². The molecule has 3 rings (SSSR count). The minimum absolute atomic E-state index is 0.345. The first-order valence-electron chi connectivity index (χ1n) is 8.28. The Morgan fingerprint density at radius 1 is 0.842 bits per heavy atom. The normalized spacial score (nSPS) is 31.4. The van der Waals surface area contributed by atoms with Gasteiger partial charge in [0.25, 0.3) is 0 Å². The third-order valence-corrected chi connectivity index (χ3v) is 5.09. The fourth-order valence-corrected chi connectivity index (χ4v) is 3.56. The Balaban J connectivity index is 1.41. The van der Waals surface area contributed by atoms with E-state index in [4.69, 9.17) is 0 Å². The molecule has 0 N–H and O–H groups in total. The number of ketones is 1. The molecular formula is C16H28N2O. The molecule has 1 atom stereocenters. The number of hydrogen-bond acceptors (Lipinski definition) is 3. The van der Waals surface area contributed by atoms with Crippen molar-refractivity contribution < 1.29 is 4.79 Å². The number of hydrogen-bond donors (Lipinski definition) is 0. The van der Waals surface area contributed by atoms with E-state index in [-0.39, 0.29) is 0 Å². The van der Waals surface area contributed by atoms with E-state index < -0.39 is 0 Å². The quantitative estimate of drug-likeness (QED) is 0.727. The van der Waals surface area contributed by atoms with Gasteiger partial charge in [0.2, 0.25) is 0 Å². The van der Waals surface area contributed by atoms with E-state index in [0.29, 0.717) is 11.7 Å². The molecule has 0 bridgehead atoms. The molecule has 0 aromatic heterocycles. The smallest absolute Gasteiger partial charge is 0.137 e. The maximum Gasteiger partial charge on any atom is 0.137 e. The predicted octanol–water partition coefficient (Wildman–Crippen LogP) is 2.16. The molecule has 2 aliphatic carbocycles. The van der Waals surface area contributed by atoms with Gasteiger partial charge in [0, 0.05) is 51.6 Å². The molecule has 2 saturated carbocycles. The summed E-state index contributed by atoms with van der Waals surface area (Å²) in [6.07, 6.45) is 8.54. The summed E-state index contributed by atoms with van der Waals surface area (Å²) in [6, 6.07) is 0. The minimum Gasteiger partial charge on any atom is -0.301 e. The van der Waals surface area contributed by atoms with Crippen LogP contribution in [0.2, 0.25) is 0 Å². The number of carbonyl (C=O) groups excluding carboxylic acids is 1. The van der Waals surface area contributed by atoms with Crippen LogP contribution in [0.15, 0.2) is 0 Å². The molecule has 19 heavy (non-hydrogen) atoms. The Kier molecular flexibility index (Phi) is 4.54. The second-order valence-corrected chi connectivity index (χ2v) is 6.81. The summed E-state index contributed by atoms with van der Waals surface area (Å²) in [4.78, 5) is 17.2. The third-order valence-electron chi connectivity index (χ3n) is 5.09. The van der Waals surface area contributed by atoms with Crippen LogP contribution in [0.4, 0.5) is 0 Å². The summed E-state index contributed by atoms with van der Waals surface area (Å²) >= 11 is 0. The second-order valence-electron chi connectivity index (χ2n) is 6.81. The monoisotopic (exact) mass is 264 g/mol. The highest BCUT2D eigenvalue weighted by Gasteiger charge is 2.28. The van der Waals surface area contributed by atoms with Crippen molar-refractivity contribution in [1.29, 1.82) is 0 Å². The van der Waals surface area contributed by atoms with Crippen molar-refractivity contribution in [2.24, 2.45) is 11.8 Å². The van der Waals surface area contributed by atoms with Crippen LogP contribution in [-0.4, -0.2) is 54.9 Å². The zero-order chi connectivity index (χ0) is 13.1. The zero-order valence-corrected chi connectivity index (χ0v) is 12.1. The molecule has 108 valence electrons. The summed E-state index contributed by atoms with van der Waals surface area (Å²) in [5.74, 6) is 1.89. The van der Waals surface area contributed by atoms with Gasteiger partial charge in [-0.2, -0.15) is 0 Å². The van der Waals surface area contributed by atoms with Crippen LogP contribution in [0.25, 0.3) is 0 Å². The number of rotatable bonds is 4. The van der Waals surface area contributed by atoms with Gasteiger partial charge in [-0.1, -0.05) is 12.8 Å². The van der Waals surface area contributed by atoms with Crippen LogP contribution in [0.5, 0.6) is 0 Å². The first-order chi connectivity index (χ1) is 9.31. The second kappa shape index (κ2) is 6.36. The number of piperazine rings is 1. The van der Waals surface area contributed by atoms with E-state index in [9.17, 15) is 4.79 Å². The van der Waals surface area contributed by atoms with E-state index in [2.05, 4.69) is 9.80 Å². The lowest BCUT2D eigenvalue weighted by Crippen LogP contribution is -2.48. The number of carbonyl (C=O) groups is 1. The standard InChI is InChI=1S/C16H28N2O/c19-16-5-3-1-2-4-15(16)13-18-10-8-17(9-11-18)12-14-6-7-14/h14-15H,1-13H2. The molecular weight excluding hydrogens is 236 g/mol. The van der Waals surface area contributed by atoms with Crippen molar-refractivity contribution in [3.8, 4) is 0 Å². The number of nitrogens with zero attached hydrogens (tertiary/aromatic N) is 2. The van der Waals surface area contributed by atoms with Gasteiger partial charge in [-0.15, -0.1) is 0 Å². The van der Waals surface area contributed by atoms with Crippen LogP contribution in [0, 0.1) is 11.8 Å². The molecule has 0 amide bonds. The molecule has 1 saturated heterocycles. The van der Waals surface area contributed by atoms with Crippen LogP contribution in [0.3, 0.4) is 0 Å². The van der Waals surface area contributed by atoms with Gasteiger partial charge >= 0.3 is 0 Å². The maximum atomic E-state index is 12.1. The first-order valence-corrected chi connectivity index (χ1v) is 8.28. The summed E-state index contributed by atoms with van der Waals surface area (Å²) in [5, 5.41) is 0. The average Bonchev–Trinajstić information content (AvgIpc) is 3.23. The van der Waals surface area contributed by atoms with E-state index in [1.807, 2.05) is 0 Å². The van der Waals surface area contributed by atoms with E-state index in [1.54, 1.807) is 0 Å². The molecule has 0 aromatic carbocycles. The van der Waals surface area contributed by atoms with E-state index >= 15 is 0 Å². The highest BCUT2D eigenvalue weighted by atomic mass is 16.1. The van der Waals surface area contributed by atoms with Gasteiger partial charge in [0.05, 0.1) is 0 Å². The van der Waals surface area contributed by atoms with Crippen LogP contribution in [0.1, 0.15) is 44.9 Å². The van der Waals surface area contributed by atoms with Crippen LogP contribution < -0.4 is 0 Å². The van der Waals surface area contributed by atoms with Crippen molar-refractivity contribution >= 4 is 5.78 Å². The Labute approximate surface area is 117 Å². The van der Waals surface area contributed by atoms with Gasteiger partial charge < -0.3 is 9.80 Å². The SMILES string of the molecule is O=C1CCCCCC1CN1CCN(CC2CC2)CC1. The van der Waals surface area contributed by atoms with E-state index in [1.165, 1.54) is 58.4 Å². The lowest BCUT2D eigenvalue weighted by Gasteiger charge is -2.36. The molecule has 3 heteroatoms. The molecule has 3 fully saturated rings. The molecule has 1 heterocycles. The van der Waals surface area contributed by atoms with Crippen molar-refractivity contribution in [1.82, 2.24) is 9.80 Å². The first kappa shape index (κ1) is 13.6. The van der Waals surface area contributed by atoms with Crippen LogP contribution >= 0.6 is 0 Å². The Bertz CT molecular complexity index is 306. The largest absolute Gasteiger partial charge is 0.301 e. The molecule has 1 aliphatic heterocycles.